The van der Waals surface area contributed by atoms with Crippen molar-refractivity contribution in [3.63, 3.8) is 0 Å². The second-order valence-corrected chi connectivity index (χ2v) is 8.13. The largest absolute Gasteiger partial charge is 0.394 e. The molecule has 0 unspecified atom stereocenters. The number of hydrogen-bond donors (Lipinski definition) is 3. The highest BCUT2D eigenvalue weighted by molar-refractivity contribution is 5.66. The first-order valence-corrected chi connectivity index (χ1v) is 10.6. The molecule has 1 aromatic heterocycles. The SMILES string of the molecule is CN1CCN(c2ccc(Nc3ncc(N)c(N(N)C4CCCCC4)n3)cc2)CC1. The van der Waals surface area contributed by atoms with Gasteiger partial charge in [-0.25, -0.2) is 10.8 Å². The Bertz CT molecular complexity index is 795. The van der Waals surface area contributed by atoms with Gasteiger partial charge in [0, 0.05) is 43.6 Å². The zero-order valence-corrected chi connectivity index (χ0v) is 17.2. The smallest absolute Gasteiger partial charge is 0.229 e. The number of likely N-dealkylation sites (N-methyl/N-ethyl adjacent to an activating group) is 1. The molecule has 0 amide bonds. The number of hydrazine groups is 1. The van der Waals surface area contributed by atoms with Crippen LogP contribution in [-0.4, -0.2) is 54.1 Å². The van der Waals surface area contributed by atoms with Crippen LogP contribution in [0.4, 0.5) is 28.8 Å². The van der Waals surface area contributed by atoms with E-state index in [1.165, 1.54) is 24.9 Å². The van der Waals surface area contributed by atoms with Crippen molar-refractivity contribution in [1.82, 2.24) is 14.9 Å². The first-order chi connectivity index (χ1) is 14.1. The fraction of sp³-hybridized carbons (Fsp3) is 0.524. The Morgan fingerprint density at radius 1 is 1.03 bits per heavy atom. The van der Waals surface area contributed by atoms with E-state index in [0.29, 0.717) is 17.5 Å². The molecule has 1 aliphatic carbocycles. The van der Waals surface area contributed by atoms with Gasteiger partial charge in [0.15, 0.2) is 5.82 Å². The van der Waals surface area contributed by atoms with Gasteiger partial charge >= 0.3 is 0 Å². The minimum absolute atomic E-state index is 0.289. The molecule has 2 aromatic rings. The van der Waals surface area contributed by atoms with E-state index in [4.69, 9.17) is 11.6 Å². The topological polar surface area (TPSA) is 99.6 Å². The molecule has 29 heavy (non-hydrogen) atoms. The van der Waals surface area contributed by atoms with Crippen LogP contribution in [0.3, 0.4) is 0 Å². The number of aromatic nitrogens is 2. The monoisotopic (exact) mass is 396 g/mol. The Morgan fingerprint density at radius 3 is 2.41 bits per heavy atom. The van der Waals surface area contributed by atoms with Gasteiger partial charge in [0.05, 0.1) is 11.9 Å². The van der Waals surface area contributed by atoms with Crippen molar-refractivity contribution in [2.75, 3.05) is 54.2 Å². The minimum atomic E-state index is 0.289. The highest BCUT2D eigenvalue weighted by Gasteiger charge is 2.22. The van der Waals surface area contributed by atoms with Gasteiger partial charge in [-0.05, 0) is 44.2 Å². The molecule has 2 heterocycles. The molecule has 0 radical (unpaired) electrons. The molecule has 2 fully saturated rings. The molecule has 2 aliphatic rings. The summed E-state index contributed by atoms with van der Waals surface area (Å²) in [7, 11) is 2.17. The summed E-state index contributed by atoms with van der Waals surface area (Å²) in [5, 5.41) is 5.01. The summed E-state index contributed by atoms with van der Waals surface area (Å²) in [4.78, 5) is 13.7. The zero-order valence-electron chi connectivity index (χ0n) is 17.2. The number of nitrogens with two attached hydrogens (primary N) is 2. The number of benzene rings is 1. The lowest BCUT2D eigenvalue weighted by molar-refractivity contribution is 0.313. The van der Waals surface area contributed by atoms with Gasteiger partial charge in [-0.1, -0.05) is 19.3 Å². The minimum Gasteiger partial charge on any atom is -0.394 e. The number of rotatable bonds is 5. The van der Waals surface area contributed by atoms with E-state index in [-0.39, 0.29) is 6.04 Å². The number of nitrogens with zero attached hydrogens (tertiary/aromatic N) is 5. The van der Waals surface area contributed by atoms with E-state index in [1.54, 1.807) is 11.2 Å². The third-order valence-electron chi connectivity index (χ3n) is 6.00. The zero-order chi connectivity index (χ0) is 20.2. The molecule has 5 N–H and O–H groups in total. The Hall–Kier alpha value is -2.58. The van der Waals surface area contributed by atoms with Crippen LogP contribution in [0.15, 0.2) is 30.5 Å². The molecule has 0 spiro atoms. The number of anilines is 5. The number of hydrogen-bond acceptors (Lipinski definition) is 8. The van der Waals surface area contributed by atoms with Crippen molar-refractivity contribution >= 4 is 28.8 Å². The van der Waals surface area contributed by atoms with Gasteiger partial charge in [-0.2, -0.15) is 4.98 Å². The second-order valence-electron chi connectivity index (χ2n) is 8.13. The van der Waals surface area contributed by atoms with Gasteiger partial charge in [0.25, 0.3) is 0 Å². The third kappa shape index (κ3) is 4.71. The van der Waals surface area contributed by atoms with Crippen LogP contribution >= 0.6 is 0 Å². The molecule has 1 saturated carbocycles. The number of nitrogen functional groups attached to an aromatic ring is 1. The maximum atomic E-state index is 6.37. The van der Waals surface area contributed by atoms with Gasteiger partial charge in [0.2, 0.25) is 5.95 Å². The predicted octanol–water partition coefficient (Wildman–Crippen LogP) is 2.57. The molecule has 8 heteroatoms. The average Bonchev–Trinajstić information content (AvgIpc) is 2.76. The summed E-state index contributed by atoms with van der Waals surface area (Å²) < 4.78 is 0. The highest BCUT2D eigenvalue weighted by atomic mass is 15.5. The molecule has 156 valence electrons. The van der Waals surface area contributed by atoms with Crippen molar-refractivity contribution in [3.05, 3.63) is 30.5 Å². The van der Waals surface area contributed by atoms with E-state index in [2.05, 4.69) is 56.4 Å². The summed E-state index contributed by atoms with van der Waals surface area (Å²) in [5.41, 5.74) is 8.82. The third-order valence-corrected chi connectivity index (χ3v) is 6.00. The van der Waals surface area contributed by atoms with Crippen LogP contribution in [-0.2, 0) is 0 Å². The van der Waals surface area contributed by atoms with Crippen molar-refractivity contribution in [2.24, 2.45) is 5.84 Å². The van der Waals surface area contributed by atoms with Crippen LogP contribution < -0.4 is 26.8 Å². The molecular weight excluding hydrogens is 364 g/mol. The summed E-state index contributed by atoms with van der Waals surface area (Å²) in [5.74, 6) is 7.48. The van der Waals surface area contributed by atoms with Gasteiger partial charge in [0.1, 0.15) is 0 Å². The second kappa shape index (κ2) is 8.84. The lowest BCUT2D eigenvalue weighted by atomic mass is 9.95. The van der Waals surface area contributed by atoms with E-state index in [0.717, 1.165) is 44.7 Å². The van der Waals surface area contributed by atoms with Crippen LogP contribution in [0, 0.1) is 0 Å². The van der Waals surface area contributed by atoms with Crippen molar-refractivity contribution in [2.45, 2.75) is 38.1 Å². The average molecular weight is 397 g/mol. The fourth-order valence-corrected chi connectivity index (χ4v) is 4.13. The molecule has 0 atom stereocenters. The van der Waals surface area contributed by atoms with Crippen LogP contribution in [0.2, 0.25) is 0 Å². The van der Waals surface area contributed by atoms with Crippen molar-refractivity contribution in [1.29, 1.82) is 0 Å². The van der Waals surface area contributed by atoms with Crippen molar-refractivity contribution < 1.29 is 0 Å². The lowest BCUT2D eigenvalue weighted by Crippen LogP contribution is -2.44. The molecule has 4 rings (SSSR count). The highest BCUT2D eigenvalue weighted by Crippen LogP contribution is 2.28. The van der Waals surface area contributed by atoms with E-state index in [9.17, 15) is 0 Å². The molecule has 0 bridgehead atoms. The van der Waals surface area contributed by atoms with Crippen LogP contribution in [0.5, 0.6) is 0 Å². The molecule has 1 aromatic carbocycles. The Balaban J connectivity index is 1.44. The number of piperazine rings is 1. The van der Waals surface area contributed by atoms with Crippen LogP contribution in [0.1, 0.15) is 32.1 Å². The van der Waals surface area contributed by atoms with Crippen LogP contribution in [0.25, 0.3) is 0 Å². The summed E-state index contributed by atoms with van der Waals surface area (Å²) >= 11 is 0. The standard InChI is InChI=1S/C21H32N8/c1-27-11-13-28(14-12-27)17-9-7-16(8-10-17)25-21-24-15-19(22)20(26-21)29(23)18-5-3-2-4-6-18/h7-10,15,18H,2-6,11-14,22-23H2,1H3,(H,24,25,26). The Labute approximate surface area is 172 Å². The predicted molar refractivity (Wildman–Crippen MR) is 119 cm³/mol. The van der Waals surface area contributed by atoms with Gasteiger partial charge in [-0.3, -0.25) is 5.01 Å². The molecule has 1 saturated heterocycles. The quantitative estimate of drug-likeness (QED) is 0.524. The lowest BCUT2D eigenvalue weighted by Gasteiger charge is -2.34. The van der Waals surface area contributed by atoms with Crippen molar-refractivity contribution in [3.8, 4) is 0 Å². The summed E-state index contributed by atoms with van der Waals surface area (Å²) in [6.45, 7) is 4.31. The first kappa shape index (κ1) is 19.7. The van der Waals surface area contributed by atoms with E-state index in [1.807, 2.05) is 0 Å². The first-order valence-electron chi connectivity index (χ1n) is 10.6. The Morgan fingerprint density at radius 2 is 1.72 bits per heavy atom. The fourth-order valence-electron chi connectivity index (χ4n) is 4.13. The summed E-state index contributed by atoms with van der Waals surface area (Å²) in [6.07, 6.45) is 7.47. The Kier molecular flexibility index (Phi) is 6.01. The molecule has 8 nitrogen and oxygen atoms in total. The normalized spacial score (nSPS) is 18.6. The maximum absolute atomic E-state index is 6.37. The van der Waals surface area contributed by atoms with E-state index >= 15 is 0 Å². The molecular formula is C21H32N8. The number of nitrogens with one attached hydrogen (secondary N) is 1. The summed E-state index contributed by atoms with van der Waals surface area (Å²) in [6, 6.07) is 8.70. The van der Waals surface area contributed by atoms with E-state index < -0.39 is 0 Å². The molecule has 1 aliphatic heterocycles. The van der Waals surface area contributed by atoms with Gasteiger partial charge in [-0.15, -0.1) is 0 Å². The maximum Gasteiger partial charge on any atom is 0.229 e. The van der Waals surface area contributed by atoms with Gasteiger partial charge < -0.3 is 20.9 Å².